The lowest BCUT2D eigenvalue weighted by Crippen LogP contribution is -2.45. The number of nitrogens with one attached hydrogen (secondary N) is 1. The molecule has 3 rings (SSSR count). The van der Waals surface area contributed by atoms with Crippen molar-refractivity contribution in [1.29, 1.82) is 0 Å². The molecule has 0 bridgehead atoms. The summed E-state index contributed by atoms with van der Waals surface area (Å²) in [5, 5.41) is 5.95. The van der Waals surface area contributed by atoms with Crippen LogP contribution in [0.1, 0.15) is 24.3 Å². The Morgan fingerprint density at radius 3 is 2.84 bits per heavy atom. The molecule has 0 aliphatic heterocycles. The Balaban J connectivity index is 0.00000225. The van der Waals surface area contributed by atoms with E-state index in [1.54, 1.807) is 18.4 Å². The number of carbonyl (C=O) groups is 1. The number of hydrogen-bond donors (Lipinski definition) is 2. The molecule has 1 amide bonds. The number of methoxy groups -OCH3 is 1. The normalized spacial score (nSPS) is 22.9. The van der Waals surface area contributed by atoms with Crippen molar-refractivity contribution in [2.24, 2.45) is 11.7 Å². The molecule has 0 radical (unpaired) electrons. The molecule has 136 valence electrons. The zero-order chi connectivity index (χ0) is 16.9. The summed E-state index contributed by atoms with van der Waals surface area (Å²) in [5.41, 5.74) is 8.05. The minimum Gasteiger partial charge on any atom is -0.380 e. The minimum atomic E-state index is -0.0287. The highest BCUT2D eigenvalue weighted by atomic mass is 35.5. The molecular formula is C18H24ClN3O2S. The Bertz CT molecular complexity index is 680. The van der Waals surface area contributed by atoms with Gasteiger partial charge in [-0.15, -0.1) is 23.7 Å². The molecule has 3 N–H and O–H groups in total. The third-order valence-corrected chi connectivity index (χ3v) is 5.40. The third kappa shape index (κ3) is 5.01. The van der Waals surface area contributed by atoms with Gasteiger partial charge in [0.25, 0.3) is 0 Å². The van der Waals surface area contributed by atoms with Gasteiger partial charge in [0, 0.05) is 30.0 Å². The molecule has 0 spiro atoms. The van der Waals surface area contributed by atoms with E-state index in [1.165, 1.54) is 0 Å². The average molecular weight is 382 g/mol. The minimum absolute atomic E-state index is 0. The fourth-order valence-electron chi connectivity index (χ4n) is 3.10. The van der Waals surface area contributed by atoms with Crippen molar-refractivity contribution < 1.29 is 9.53 Å². The van der Waals surface area contributed by atoms with Crippen molar-refractivity contribution in [3.05, 3.63) is 40.7 Å². The van der Waals surface area contributed by atoms with Crippen LogP contribution >= 0.6 is 23.7 Å². The smallest absolute Gasteiger partial charge is 0.223 e. The van der Waals surface area contributed by atoms with Crippen molar-refractivity contribution in [2.75, 3.05) is 7.11 Å². The van der Waals surface area contributed by atoms with Crippen LogP contribution < -0.4 is 11.1 Å². The van der Waals surface area contributed by atoms with E-state index in [4.69, 9.17) is 10.5 Å². The van der Waals surface area contributed by atoms with E-state index in [9.17, 15) is 4.79 Å². The Kier molecular flexibility index (Phi) is 7.38. The van der Waals surface area contributed by atoms with Crippen molar-refractivity contribution in [3.63, 3.8) is 0 Å². The lowest BCUT2D eigenvalue weighted by Gasteiger charge is -2.32. The summed E-state index contributed by atoms with van der Waals surface area (Å²) in [7, 11) is 1.66. The Morgan fingerprint density at radius 2 is 2.12 bits per heavy atom. The van der Waals surface area contributed by atoms with Gasteiger partial charge in [0.05, 0.1) is 18.3 Å². The lowest BCUT2D eigenvalue weighted by molar-refractivity contribution is -0.128. The first kappa shape index (κ1) is 19.8. The summed E-state index contributed by atoms with van der Waals surface area (Å²) >= 11 is 1.57. The number of carbonyl (C=O) groups excluding carboxylic acids is 1. The number of thiazole rings is 1. The number of amides is 1. The number of rotatable bonds is 5. The van der Waals surface area contributed by atoms with Gasteiger partial charge in [-0.3, -0.25) is 4.79 Å². The van der Waals surface area contributed by atoms with Crippen LogP contribution in [0.5, 0.6) is 0 Å². The molecule has 1 saturated carbocycles. The molecule has 7 heteroatoms. The number of ether oxygens (including phenoxy) is 1. The quantitative estimate of drug-likeness (QED) is 0.834. The topological polar surface area (TPSA) is 77.2 Å². The number of hydrogen-bond acceptors (Lipinski definition) is 5. The largest absolute Gasteiger partial charge is 0.380 e. The first-order valence-corrected chi connectivity index (χ1v) is 9.11. The van der Waals surface area contributed by atoms with Gasteiger partial charge < -0.3 is 15.8 Å². The van der Waals surface area contributed by atoms with Gasteiger partial charge in [-0.2, -0.15) is 0 Å². The van der Waals surface area contributed by atoms with E-state index in [0.717, 1.165) is 29.1 Å². The average Bonchev–Trinajstić information content (AvgIpc) is 3.10. The second kappa shape index (κ2) is 9.29. The van der Waals surface area contributed by atoms with Crippen LogP contribution in [0.3, 0.4) is 0 Å². The van der Waals surface area contributed by atoms with Gasteiger partial charge in [0.15, 0.2) is 0 Å². The van der Waals surface area contributed by atoms with Crippen LogP contribution in [-0.4, -0.2) is 30.1 Å². The molecular weight excluding hydrogens is 358 g/mol. The summed E-state index contributed by atoms with van der Waals surface area (Å²) in [5.74, 6) is 0.0451. The lowest BCUT2D eigenvalue weighted by atomic mass is 9.83. The highest BCUT2D eigenvalue weighted by Crippen LogP contribution is 2.26. The number of benzene rings is 1. The van der Waals surface area contributed by atoms with E-state index in [-0.39, 0.29) is 36.4 Å². The Hall–Kier alpha value is -1.47. The van der Waals surface area contributed by atoms with Crippen molar-refractivity contribution in [3.8, 4) is 11.3 Å². The molecule has 2 aromatic rings. The van der Waals surface area contributed by atoms with Crippen LogP contribution in [0.4, 0.5) is 0 Å². The first-order valence-electron chi connectivity index (χ1n) is 8.23. The molecule has 1 aliphatic rings. The van der Waals surface area contributed by atoms with E-state index >= 15 is 0 Å². The van der Waals surface area contributed by atoms with E-state index in [2.05, 4.69) is 10.3 Å². The number of aromatic nitrogens is 1. The van der Waals surface area contributed by atoms with Crippen LogP contribution in [0.2, 0.25) is 0 Å². The maximum absolute atomic E-state index is 12.4. The van der Waals surface area contributed by atoms with Gasteiger partial charge >= 0.3 is 0 Å². The van der Waals surface area contributed by atoms with Crippen LogP contribution in [0, 0.1) is 5.92 Å². The fraction of sp³-hybridized carbons (Fsp3) is 0.444. The second-order valence-electron chi connectivity index (χ2n) is 6.16. The molecule has 1 aromatic carbocycles. The summed E-state index contributed by atoms with van der Waals surface area (Å²) < 4.78 is 5.38. The molecule has 1 fully saturated rings. The predicted octanol–water partition coefficient (Wildman–Crippen LogP) is 2.99. The maximum Gasteiger partial charge on any atom is 0.223 e. The molecule has 0 saturated heterocycles. The first-order chi connectivity index (χ1) is 11.7. The maximum atomic E-state index is 12.4. The monoisotopic (exact) mass is 381 g/mol. The summed E-state index contributed by atoms with van der Waals surface area (Å²) in [6.45, 7) is 0.469. The summed E-state index contributed by atoms with van der Waals surface area (Å²) in [6, 6.07) is 10.1. The molecule has 25 heavy (non-hydrogen) atoms. The van der Waals surface area contributed by atoms with Crippen LogP contribution in [0.15, 0.2) is 35.7 Å². The van der Waals surface area contributed by atoms with Gasteiger partial charge in [0.2, 0.25) is 5.91 Å². The molecule has 3 atom stereocenters. The van der Waals surface area contributed by atoms with Gasteiger partial charge in [-0.25, -0.2) is 4.98 Å². The predicted molar refractivity (Wildman–Crippen MR) is 103 cm³/mol. The molecule has 1 aliphatic carbocycles. The van der Waals surface area contributed by atoms with E-state index in [0.29, 0.717) is 13.0 Å². The zero-order valence-electron chi connectivity index (χ0n) is 14.2. The molecule has 1 heterocycles. The fourth-order valence-corrected chi connectivity index (χ4v) is 3.85. The number of halogens is 1. The SMILES string of the molecule is CO[C@@H]1C[C@@H](C(=O)NCc2nc(-c3ccccc3)cs2)CC[C@H]1N.Cl. The summed E-state index contributed by atoms with van der Waals surface area (Å²) in [4.78, 5) is 17.0. The van der Waals surface area contributed by atoms with Gasteiger partial charge in [0.1, 0.15) is 5.01 Å². The molecule has 5 nitrogen and oxygen atoms in total. The van der Waals surface area contributed by atoms with E-state index < -0.39 is 0 Å². The van der Waals surface area contributed by atoms with E-state index in [1.807, 2.05) is 35.7 Å². The van der Waals surface area contributed by atoms with Crippen molar-refractivity contribution >= 4 is 29.7 Å². The highest BCUT2D eigenvalue weighted by molar-refractivity contribution is 7.09. The van der Waals surface area contributed by atoms with Crippen LogP contribution in [0.25, 0.3) is 11.3 Å². The second-order valence-corrected chi connectivity index (χ2v) is 7.10. The van der Waals surface area contributed by atoms with Gasteiger partial charge in [-0.1, -0.05) is 30.3 Å². The van der Waals surface area contributed by atoms with Crippen LogP contribution in [-0.2, 0) is 16.1 Å². The zero-order valence-corrected chi connectivity index (χ0v) is 15.8. The van der Waals surface area contributed by atoms with Crippen molar-refractivity contribution in [1.82, 2.24) is 10.3 Å². The molecule has 1 aromatic heterocycles. The van der Waals surface area contributed by atoms with Gasteiger partial charge in [-0.05, 0) is 19.3 Å². The van der Waals surface area contributed by atoms with Crippen molar-refractivity contribution in [2.45, 2.75) is 38.0 Å². The number of nitrogens with zero attached hydrogens (tertiary/aromatic N) is 1. The molecule has 0 unspecified atom stereocenters. The standard InChI is InChI=1S/C18H23N3O2S.ClH/c1-23-16-9-13(7-8-14(16)19)18(22)20-10-17-21-15(11-24-17)12-5-3-2-4-6-12;/h2-6,11,13-14,16H,7-10,19H2,1H3,(H,20,22);1H/t13-,14+,16+;/m0./s1. The third-order valence-electron chi connectivity index (χ3n) is 4.55. The Morgan fingerprint density at radius 1 is 1.36 bits per heavy atom. The Labute approximate surface area is 158 Å². The number of nitrogens with two attached hydrogens (primary N) is 1. The highest BCUT2D eigenvalue weighted by Gasteiger charge is 2.31. The summed E-state index contributed by atoms with van der Waals surface area (Å²) in [6.07, 6.45) is 2.31.